The average molecular weight is 274 g/mol. The molecule has 2 heterocycles. The molecule has 0 aromatic carbocycles. The second-order valence-electron chi connectivity index (χ2n) is 5.02. The number of aryl methyl sites for hydroxylation is 1. The van der Waals surface area contributed by atoms with Crippen LogP contribution in [0.4, 0.5) is 0 Å². The molecule has 0 saturated heterocycles. The van der Waals surface area contributed by atoms with E-state index < -0.39 is 0 Å². The van der Waals surface area contributed by atoms with E-state index in [2.05, 4.69) is 20.5 Å². The summed E-state index contributed by atoms with van der Waals surface area (Å²) in [6.07, 6.45) is 3.25. The van der Waals surface area contributed by atoms with E-state index in [4.69, 9.17) is 4.42 Å². The van der Waals surface area contributed by atoms with Gasteiger partial charge in [0.15, 0.2) is 0 Å². The lowest BCUT2D eigenvalue weighted by molar-refractivity contribution is 0.0933. The molecule has 0 saturated carbocycles. The first-order chi connectivity index (χ1) is 9.49. The third-order valence-corrected chi connectivity index (χ3v) is 2.93. The van der Waals surface area contributed by atoms with Crippen LogP contribution in [0, 0.1) is 6.92 Å². The minimum absolute atomic E-state index is 0.168. The van der Waals surface area contributed by atoms with Crippen molar-refractivity contribution in [3.8, 4) is 0 Å². The van der Waals surface area contributed by atoms with Crippen molar-refractivity contribution < 1.29 is 9.21 Å². The van der Waals surface area contributed by atoms with Gasteiger partial charge in [0.2, 0.25) is 11.8 Å². The van der Waals surface area contributed by atoms with Gasteiger partial charge in [0.05, 0.1) is 0 Å². The monoisotopic (exact) mass is 274 g/mol. The van der Waals surface area contributed by atoms with Gasteiger partial charge in [-0.15, -0.1) is 10.2 Å². The Morgan fingerprint density at radius 1 is 1.25 bits per heavy atom. The number of hydrogen-bond acceptors (Lipinski definition) is 5. The van der Waals surface area contributed by atoms with E-state index in [-0.39, 0.29) is 17.9 Å². The van der Waals surface area contributed by atoms with Gasteiger partial charge in [-0.05, 0) is 25.5 Å². The van der Waals surface area contributed by atoms with Gasteiger partial charge < -0.3 is 9.73 Å². The van der Waals surface area contributed by atoms with E-state index in [0.717, 1.165) is 5.56 Å². The first kappa shape index (κ1) is 14.2. The Kier molecular flexibility index (Phi) is 4.12. The van der Waals surface area contributed by atoms with Gasteiger partial charge in [0, 0.05) is 23.9 Å². The summed E-state index contributed by atoms with van der Waals surface area (Å²) in [6.45, 7) is 7.60. The third-order valence-electron chi connectivity index (χ3n) is 2.93. The molecule has 106 valence electrons. The molecule has 0 fully saturated rings. The van der Waals surface area contributed by atoms with Crippen LogP contribution in [-0.2, 0) is 0 Å². The molecule has 6 nitrogen and oxygen atoms in total. The number of nitrogens with one attached hydrogen (secondary N) is 1. The number of carbonyl (C=O) groups excluding carboxylic acids is 1. The second kappa shape index (κ2) is 5.81. The van der Waals surface area contributed by atoms with Gasteiger partial charge in [-0.2, -0.15) is 0 Å². The van der Waals surface area contributed by atoms with Gasteiger partial charge in [0.25, 0.3) is 5.91 Å². The lowest BCUT2D eigenvalue weighted by Crippen LogP contribution is -2.27. The highest BCUT2D eigenvalue weighted by molar-refractivity contribution is 5.95. The van der Waals surface area contributed by atoms with Crippen LogP contribution in [0.25, 0.3) is 0 Å². The van der Waals surface area contributed by atoms with E-state index in [9.17, 15) is 4.79 Å². The second-order valence-corrected chi connectivity index (χ2v) is 5.02. The number of nitrogens with zero attached hydrogens (tertiary/aromatic N) is 3. The highest BCUT2D eigenvalue weighted by Gasteiger charge is 2.19. The number of carbonyl (C=O) groups is 1. The first-order valence-electron chi connectivity index (χ1n) is 6.53. The van der Waals surface area contributed by atoms with Crippen molar-refractivity contribution in [1.29, 1.82) is 0 Å². The van der Waals surface area contributed by atoms with Gasteiger partial charge in [-0.3, -0.25) is 9.78 Å². The van der Waals surface area contributed by atoms with Crippen molar-refractivity contribution >= 4 is 5.91 Å². The van der Waals surface area contributed by atoms with Crippen LogP contribution < -0.4 is 5.32 Å². The van der Waals surface area contributed by atoms with Crippen molar-refractivity contribution in [2.45, 2.75) is 39.7 Å². The Balaban J connectivity index is 2.09. The number of pyridine rings is 1. The van der Waals surface area contributed by atoms with E-state index in [1.165, 1.54) is 0 Å². The highest BCUT2D eigenvalue weighted by Crippen LogP contribution is 2.17. The van der Waals surface area contributed by atoms with Crippen LogP contribution in [0.5, 0.6) is 0 Å². The Morgan fingerprint density at radius 2 is 1.95 bits per heavy atom. The van der Waals surface area contributed by atoms with Crippen molar-refractivity contribution in [2.75, 3.05) is 0 Å². The summed E-state index contributed by atoms with van der Waals surface area (Å²) in [7, 11) is 0. The van der Waals surface area contributed by atoms with Gasteiger partial charge in [-0.25, -0.2) is 0 Å². The number of amides is 1. The molecule has 2 rings (SSSR count). The van der Waals surface area contributed by atoms with Crippen LogP contribution in [0.1, 0.15) is 60.4 Å². The third kappa shape index (κ3) is 3.01. The van der Waals surface area contributed by atoms with Crippen molar-refractivity contribution in [1.82, 2.24) is 20.5 Å². The maximum atomic E-state index is 12.2. The van der Waals surface area contributed by atoms with Crippen LogP contribution in [0.15, 0.2) is 22.9 Å². The Morgan fingerprint density at radius 3 is 2.55 bits per heavy atom. The molecule has 1 amide bonds. The normalized spacial score (nSPS) is 12.4. The standard InChI is InChI=1S/C14H18N4O2/c1-8(2)13-17-18-14(20-13)10(4)16-12(19)11-5-6-15-7-9(11)3/h5-8,10H,1-4H3,(H,16,19)/t10-/m1/s1. The van der Waals surface area contributed by atoms with Gasteiger partial charge >= 0.3 is 0 Å². The molecule has 20 heavy (non-hydrogen) atoms. The molecule has 0 aliphatic carbocycles. The Bertz CT molecular complexity index is 607. The fraction of sp³-hybridized carbons (Fsp3) is 0.429. The predicted molar refractivity (Wildman–Crippen MR) is 73.2 cm³/mol. The topological polar surface area (TPSA) is 80.9 Å². The molecule has 0 radical (unpaired) electrons. The molecular weight excluding hydrogens is 256 g/mol. The number of aromatic nitrogens is 3. The number of hydrogen-bond donors (Lipinski definition) is 1. The maximum absolute atomic E-state index is 12.2. The summed E-state index contributed by atoms with van der Waals surface area (Å²) in [5.74, 6) is 0.971. The fourth-order valence-corrected chi connectivity index (χ4v) is 1.72. The molecule has 0 bridgehead atoms. The average Bonchev–Trinajstić information content (AvgIpc) is 2.88. The number of rotatable bonds is 4. The minimum Gasteiger partial charge on any atom is -0.423 e. The first-order valence-corrected chi connectivity index (χ1v) is 6.53. The summed E-state index contributed by atoms with van der Waals surface area (Å²) < 4.78 is 5.52. The molecule has 0 aliphatic heterocycles. The SMILES string of the molecule is Cc1cnccc1C(=O)N[C@H](C)c1nnc(C(C)C)o1. The van der Waals surface area contributed by atoms with E-state index in [0.29, 0.717) is 17.3 Å². The summed E-state index contributed by atoms with van der Waals surface area (Å²) >= 11 is 0. The van der Waals surface area contributed by atoms with Gasteiger partial charge in [-0.1, -0.05) is 13.8 Å². The largest absolute Gasteiger partial charge is 0.423 e. The summed E-state index contributed by atoms with van der Waals surface area (Å²) in [6, 6.07) is 1.35. The molecule has 2 aromatic heterocycles. The van der Waals surface area contributed by atoms with Crippen molar-refractivity contribution in [2.24, 2.45) is 0 Å². The smallest absolute Gasteiger partial charge is 0.252 e. The lowest BCUT2D eigenvalue weighted by Gasteiger charge is -2.11. The van der Waals surface area contributed by atoms with E-state index >= 15 is 0 Å². The van der Waals surface area contributed by atoms with Gasteiger partial charge in [0.1, 0.15) is 6.04 Å². The fourth-order valence-electron chi connectivity index (χ4n) is 1.72. The summed E-state index contributed by atoms with van der Waals surface area (Å²) in [4.78, 5) is 16.1. The zero-order valence-corrected chi connectivity index (χ0v) is 12.0. The zero-order chi connectivity index (χ0) is 14.7. The Labute approximate surface area is 117 Å². The molecule has 0 spiro atoms. The van der Waals surface area contributed by atoms with E-state index in [1.807, 2.05) is 27.7 Å². The molecule has 0 aliphatic rings. The summed E-state index contributed by atoms with van der Waals surface area (Å²) in [5, 5.41) is 10.8. The molecule has 1 N–H and O–H groups in total. The quantitative estimate of drug-likeness (QED) is 0.925. The van der Waals surface area contributed by atoms with Crippen LogP contribution in [-0.4, -0.2) is 21.1 Å². The molecular formula is C14H18N4O2. The van der Waals surface area contributed by atoms with Crippen LogP contribution in [0.3, 0.4) is 0 Å². The molecule has 2 aromatic rings. The Hall–Kier alpha value is -2.24. The van der Waals surface area contributed by atoms with Crippen molar-refractivity contribution in [3.63, 3.8) is 0 Å². The summed E-state index contributed by atoms with van der Waals surface area (Å²) in [5.41, 5.74) is 1.42. The molecule has 0 unspecified atom stereocenters. The molecule has 6 heteroatoms. The minimum atomic E-state index is -0.338. The highest BCUT2D eigenvalue weighted by atomic mass is 16.4. The maximum Gasteiger partial charge on any atom is 0.252 e. The zero-order valence-electron chi connectivity index (χ0n) is 12.0. The predicted octanol–water partition coefficient (Wildman–Crippen LogP) is 2.39. The van der Waals surface area contributed by atoms with Crippen molar-refractivity contribution in [3.05, 3.63) is 41.4 Å². The van der Waals surface area contributed by atoms with Crippen LogP contribution in [0.2, 0.25) is 0 Å². The van der Waals surface area contributed by atoms with E-state index in [1.54, 1.807) is 18.5 Å². The molecule has 1 atom stereocenters. The van der Waals surface area contributed by atoms with Crippen LogP contribution >= 0.6 is 0 Å². The lowest BCUT2D eigenvalue weighted by atomic mass is 10.1.